The fourth-order valence-electron chi connectivity index (χ4n) is 2.50. The molecule has 1 fully saturated rings. The monoisotopic (exact) mass is 321 g/mol. The molecule has 0 spiro atoms. The first-order chi connectivity index (χ1) is 11.0. The first kappa shape index (κ1) is 16.9. The van der Waals surface area contributed by atoms with E-state index in [1.54, 1.807) is 12.1 Å². The maximum atomic E-state index is 12.8. The third kappa shape index (κ3) is 5.05. The quantitative estimate of drug-likeness (QED) is 0.787. The molecule has 1 aromatic carbocycles. The molecule has 2 N–H and O–H groups in total. The molecule has 6 nitrogen and oxygen atoms in total. The Morgan fingerprint density at radius 3 is 2.65 bits per heavy atom. The topological polar surface area (TPSA) is 78.5 Å². The second-order valence-electron chi connectivity index (χ2n) is 5.53. The van der Waals surface area contributed by atoms with E-state index in [2.05, 4.69) is 10.6 Å². The number of hydrogen-bond acceptors (Lipinski definition) is 3. The van der Waals surface area contributed by atoms with Crippen LogP contribution in [0.4, 0.5) is 4.39 Å². The van der Waals surface area contributed by atoms with Crippen molar-refractivity contribution in [2.75, 3.05) is 19.6 Å². The SMILES string of the molecule is CC(=O)NC1CCN(CC(=O)NCCc2ccc(F)cc2)C1=O. The molecule has 0 radical (unpaired) electrons. The number of halogens is 1. The van der Waals surface area contributed by atoms with Gasteiger partial charge < -0.3 is 15.5 Å². The minimum Gasteiger partial charge on any atom is -0.354 e. The van der Waals surface area contributed by atoms with E-state index >= 15 is 0 Å². The molecule has 1 heterocycles. The molecule has 1 atom stereocenters. The Morgan fingerprint density at radius 1 is 1.30 bits per heavy atom. The van der Waals surface area contributed by atoms with E-state index in [0.29, 0.717) is 25.9 Å². The summed E-state index contributed by atoms with van der Waals surface area (Å²) < 4.78 is 12.8. The summed E-state index contributed by atoms with van der Waals surface area (Å²) in [6, 6.07) is 5.57. The fraction of sp³-hybridized carbons (Fsp3) is 0.438. The molecule has 0 bridgehead atoms. The fourth-order valence-corrected chi connectivity index (χ4v) is 2.50. The second-order valence-corrected chi connectivity index (χ2v) is 5.53. The molecule has 3 amide bonds. The number of carbonyl (C=O) groups is 3. The Labute approximate surface area is 134 Å². The Kier molecular flexibility index (Phi) is 5.67. The highest BCUT2D eigenvalue weighted by molar-refractivity contribution is 5.91. The van der Waals surface area contributed by atoms with Gasteiger partial charge in [0.25, 0.3) is 0 Å². The summed E-state index contributed by atoms with van der Waals surface area (Å²) in [4.78, 5) is 36.3. The van der Waals surface area contributed by atoms with Gasteiger partial charge in [-0.1, -0.05) is 12.1 Å². The number of rotatable bonds is 6. The predicted octanol–water partition coefficient (Wildman–Crippen LogP) is 0.221. The highest BCUT2D eigenvalue weighted by Gasteiger charge is 2.32. The van der Waals surface area contributed by atoms with Crippen LogP contribution in [0.15, 0.2) is 24.3 Å². The molecule has 1 aromatic rings. The van der Waals surface area contributed by atoms with Gasteiger partial charge in [-0.2, -0.15) is 0 Å². The van der Waals surface area contributed by atoms with Gasteiger partial charge in [0.05, 0.1) is 6.54 Å². The Hall–Kier alpha value is -2.44. The van der Waals surface area contributed by atoms with Crippen molar-refractivity contribution in [1.82, 2.24) is 15.5 Å². The molecule has 2 rings (SSSR count). The van der Waals surface area contributed by atoms with Crippen LogP contribution >= 0.6 is 0 Å². The van der Waals surface area contributed by atoms with Gasteiger partial charge >= 0.3 is 0 Å². The van der Waals surface area contributed by atoms with Crippen LogP contribution < -0.4 is 10.6 Å². The lowest BCUT2D eigenvalue weighted by molar-refractivity contribution is -0.135. The molecule has 1 aliphatic heterocycles. The molecule has 124 valence electrons. The maximum absolute atomic E-state index is 12.8. The predicted molar refractivity (Wildman–Crippen MR) is 81.9 cm³/mol. The molecule has 23 heavy (non-hydrogen) atoms. The van der Waals surface area contributed by atoms with Gasteiger partial charge in [0.2, 0.25) is 17.7 Å². The zero-order chi connectivity index (χ0) is 16.8. The van der Waals surface area contributed by atoms with E-state index in [4.69, 9.17) is 0 Å². The van der Waals surface area contributed by atoms with E-state index in [1.165, 1.54) is 24.0 Å². The van der Waals surface area contributed by atoms with Crippen LogP contribution in [0.1, 0.15) is 18.9 Å². The van der Waals surface area contributed by atoms with Crippen molar-refractivity contribution in [1.29, 1.82) is 0 Å². The second kappa shape index (κ2) is 7.71. The largest absolute Gasteiger partial charge is 0.354 e. The molecule has 0 aromatic heterocycles. The first-order valence-corrected chi connectivity index (χ1v) is 7.53. The van der Waals surface area contributed by atoms with Crippen LogP contribution in [0, 0.1) is 5.82 Å². The molecule has 7 heteroatoms. The third-order valence-corrected chi connectivity index (χ3v) is 3.66. The summed E-state index contributed by atoms with van der Waals surface area (Å²) in [5.74, 6) is -1.02. The summed E-state index contributed by atoms with van der Waals surface area (Å²) in [7, 11) is 0. The summed E-state index contributed by atoms with van der Waals surface area (Å²) in [6.45, 7) is 2.22. The third-order valence-electron chi connectivity index (χ3n) is 3.66. The van der Waals surface area contributed by atoms with Crippen molar-refractivity contribution in [3.8, 4) is 0 Å². The number of carbonyl (C=O) groups excluding carboxylic acids is 3. The average Bonchev–Trinajstić information content (AvgIpc) is 2.82. The van der Waals surface area contributed by atoms with Crippen molar-refractivity contribution in [3.05, 3.63) is 35.6 Å². The van der Waals surface area contributed by atoms with Crippen LogP contribution in [-0.4, -0.2) is 48.3 Å². The van der Waals surface area contributed by atoms with E-state index in [9.17, 15) is 18.8 Å². The highest BCUT2D eigenvalue weighted by Crippen LogP contribution is 2.10. The molecular weight excluding hydrogens is 301 g/mol. The van der Waals surface area contributed by atoms with E-state index in [-0.39, 0.29) is 30.1 Å². The standard InChI is InChI=1S/C16H20FN3O3/c1-11(21)19-14-7-9-20(16(14)23)10-15(22)18-8-6-12-2-4-13(17)5-3-12/h2-5,14H,6-10H2,1H3,(H,18,22)(H,19,21). The lowest BCUT2D eigenvalue weighted by Gasteiger charge is -2.16. The van der Waals surface area contributed by atoms with Crippen LogP contribution in [0.2, 0.25) is 0 Å². The minimum absolute atomic E-state index is 0.0155. The van der Waals surface area contributed by atoms with Crippen LogP contribution in [0.3, 0.4) is 0 Å². The lowest BCUT2D eigenvalue weighted by Crippen LogP contribution is -2.44. The van der Waals surface area contributed by atoms with Crippen molar-refractivity contribution >= 4 is 17.7 Å². The average molecular weight is 321 g/mol. The summed E-state index contributed by atoms with van der Waals surface area (Å²) in [5, 5.41) is 5.31. The molecule has 0 aliphatic carbocycles. The van der Waals surface area contributed by atoms with E-state index in [1.807, 2.05) is 0 Å². The number of amides is 3. The molecule has 1 aliphatic rings. The summed E-state index contributed by atoms with van der Waals surface area (Å²) in [6.07, 6.45) is 1.11. The Morgan fingerprint density at radius 2 is 2.00 bits per heavy atom. The molecule has 0 saturated carbocycles. The number of hydrogen-bond donors (Lipinski definition) is 2. The van der Waals surface area contributed by atoms with Gasteiger partial charge in [-0.25, -0.2) is 4.39 Å². The van der Waals surface area contributed by atoms with Crippen molar-refractivity contribution in [2.24, 2.45) is 0 Å². The molecule has 1 saturated heterocycles. The van der Waals surface area contributed by atoms with Gasteiger partial charge in [-0.05, 0) is 30.5 Å². The summed E-state index contributed by atoms with van der Waals surface area (Å²) in [5.41, 5.74) is 0.926. The van der Waals surface area contributed by atoms with Crippen LogP contribution in [-0.2, 0) is 20.8 Å². The van der Waals surface area contributed by atoms with Gasteiger partial charge in [0.1, 0.15) is 11.9 Å². The zero-order valence-electron chi connectivity index (χ0n) is 13.0. The van der Waals surface area contributed by atoms with Gasteiger partial charge in [0.15, 0.2) is 0 Å². The lowest BCUT2D eigenvalue weighted by atomic mass is 10.1. The zero-order valence-corrected chi connectivity index (χ0v) is 13.0. The minimum atomic E-state index is -0.528. The number of likely N-dealkylation sites (tertiary alicyclic amines) is 1. The summed E-state index contributed by atoms with van der Waals surface area (Å²) >= 11 is 0. The number of nitrogens with one attached hydrogen (secondary N) is 2. The highest BCUT2D eigenvalue weighted by atomic mass is 19.1. The van der Waals surface area contributed by atoms with Crippen molar-refractivity contribution in [3.63, 3.8) is 0 Å². The Balaban J connectivity index is 1.71. The maximum Gasteiger partial charge on any atom is 0.245 e. The molecular formula is C16H20FN3O3. The Bertz CT molecular complexity index is 589. The molecule has 1 unspecified atom stereocenters. The van der Waals surface area contributed by atoms with Gasteiger partial charge in [0, 0.05) is 20.0 Å². The van der Waals surface area contributed by atoms with Gasteiger partial charge in [-0.15, -0.1) is 0 Å². The smallest absolute Gasteiger partial charge is 0.245 e. The number of benzene rings is 1. The first-order valence-electron chi connectivity index (χ1n) is 7.53. The van der Waals surface area contributed by atoms with Crippen molar-refractivity contribution < 1.29 is 18.8 Å². The van der Waals surface area contributed by atoms with Gasteiger partial charge in [-0.3, -0.25) is 14.4 Å². The van der Waals surface area contributed by atoms with E-state index < -0.39 is 6.04 Å². The van der Waals surface area contributed by atoms with Crippen LogP contribution in [0.5, 0.6) is 0 Å². The van der Waals surface area contributed by atoms with Crippen LogP contribution in [0.25, 0.3) is 0 Å². The number of nitrogens with zero attached hydrogens (tertiary/aromatic N) is 1. The normalized spacial score (nSPS) is 17.2. The van der Waals surface area contributed by atoms with E-state index in [0.717, 1.165) is 5.56 Å². The van der Waals surface area contributed by atoms with Crippen molar-refractivity contribution in [2.45, 2.75) is 25.8 Å².